The van der Waals surface area contributed by atoms with Gasteiger partial charge < -0.3 is 20.9 Å². The SMILES string of the molecule is CCOC(=O)C(N)C(=O)Nc1ccc(I)cc1C(=O)O. The minimum Gasteiger partial charge on any atom is -0.478 e. The highest BCUT2D eigenvalue weighted by atomic mass is 127. The maximum Gasteiger partial charge on any atom is 0.337 e. The number of nitrogens with one attached hydrogen (secondary N) is 1. The molecular formula is C12H13IN2O5. The maximum absolute atomic E-state index is 11.8. The van der Waals surface area contributed by atoms with E-state index in [-0.39, 0.29) is 17.9 Å². The van der Waals surface area contributed by atoms with Crippen LogP contribution in [0.5, 0.6) is 0 Å². The first-order valence-electron chi connectivity index (χ1n) is 5.62. The monoisotopic (exact) mass is 392 g/mol. The van der Waals surface area contributed by atoms with Crippen LogP contribution in [-0.4, -0.2) is 35.6 Å². The van der Waals surface area contributed by atoms with Gasteiger partial charge in [0.1, 0.15) is 0 Å². The summed E-state index contributed by atoms with van der Waals surface area (Å²) < 4.78 is 5.32. The van der Waals surface area contributed by atoms with Gasteiger partial charge in [0.15, 0.2) is 6.04 Å². The number of aromatic carboxylic acids is 1. The number of amides is 1. The molecule has 108 valence electrons. The van der Waals surface area contributed by atoms with E-state index < -0.39 is 23.9 Å². The number of hydrogen-bond donors (Lipinski definition) is 3. The van der Waals surface area contributed by atoms with Gasteiger partial charge in [-0.25, -0.2) is 9.59 Å². The molecule has 0 spiro atoms. The fourth-order valence-corrected chi connectivity index (χ4v) is 1.84. The van der Waals surface area contributed by atoms with Gasteiger partial charge in [-0.05, 0) is 47.7 Å². The number of benzene rings is 1. The van der Waals surface area contributed by atoms with Gasteiger partial charge in [0, 0.05) is 3.57 Å². The fraction of sp³-hybridized carbons (Fsp3) is 0.250. The molecule has 0 fully saturated rings. The van der Waals surface area contributed by atoms with Crippen molar-refractivity contribution in [2.75, 3.05) is 11.9 Å². The van der Waals surface area contributed by atoms with Gasteiger partial charge in [-0.15, -0.1) is 0 Å². The van der Waals surface area contributed by atoms with Crippen LogP contribution < -0.4 is 11.1 Å². The Labute approximate surface area is 128 Å². The van der Waals surface area contributed by atoms with Crippen LogP contribution in [-0.2, 0) is 14.3 Å². The van der Waals surface area contributed by atoms with Crippen LogP contribution in [0.1, 0.15) is 17.3 Å². The second-order valence-corrected chi connectivity index (χ2v) is 4.96. The van der Waals surface area contributed by atoms with Crippen molar-refractivity contribution in [3.05, 3.63) is 27.3 Å². The lowest BCUT2D eigenvalue weighted by molar-refractivity contribution is -0.146. The number of esters is 1. The van der Waals surface area contributed by atoms with Crippen LogP contribution >= 0.6 is 22.6 Å². The predicted octanol–water partition coefficient (Wildman–Crippen LogP) is 0.818. The molecule has 0 bridgehead atoms. The van der Waals surface area contributed by atoms with E-state index in [4.69, 9.17) is 10.8 Å². The molecule has 1 unspecified atom stereocenters. The van der Waals surface area contributed by atoms with Crippen molar-refractivity contribution in [2.24, 2.45) is 5.73 Å². The number of nitrogens with two attached hydrogens (primary N) is 1. The second kappa shape index (κ2) is 7.20. The van der Waals surface area contributed by atoms with Gasteiger partial charge in [0.25, 0.3) is 5.91 Å². The number of ether oxygens (including phenoxy) is 1. The third-order valence-corrected chi connectivity index (χ3v) is 2.96. The number of anilines is 1. The van der Waals surface area contributed by atoms with Gasteiger partial charge in [-0.1, -0.05) is 0 Å². The Morgan fingerprint density at radius 2 is 2.10 bits per heavy atom. The first-order chi connectivity index (χ1) is 9.36. The van der Waals surface area contributed by atoms with Crippen molar-refractivity contribution >= 4 is 46.1 Å². The van der Waals surface area contributed by atoms with Gasteiger partial charge in [0.2, 0.25) is 0 Å². The number of rotatable bonds is 5. The summed E-state index contributed by atoms with van der Waals surface area (Å²) in [5, 5.41) is 11.4. The number of carbonyl (C=O) groups excluding carboxylic acids is 2. The summed E-state index contributed by atoms with van der Waals surface area (Å²) in [6, 6.07) is 2.95. The molecule has 8 heteroatoms. The highest BCUT2D eigenvalue weighted by Gasteiger charge is 2.24. The molecule has 0 saturated heterocycles. The molecule has 1 rings (SSSR count). The van der Waals surface area contributed by atoms with E-state index in [0.717, 1.165) is 0 Å². The Hall–Kier alpha value is -1.68. The topological polar surface area (TPSA) is 119 Å². The minimum atomic E-state index is -1.50. The van der Waals surface area contributed by atoms with Crippen molar-refractivity contribution in [3.8, 4) is 0 Å². The van der Waals surface area contributed by atoms with E-state index in [2.05, 4.69) is 10.1 Å². The maximum atomic E-state index is 11.8. The van der Waals surface area contributed by atoms with Crippen LogP contribution in [0, 0.1) is 3.57 Å². The average Bonchev–Trinajstić information content (AvgIpc) is 2.39. The van der Waals surface area contributed by atoms with Crippen LogP contribution in [0.4, 0.5) is 5.69 Å². The quantitative estimate of drug-likeness (QED) is 0.388. The molecule has 4 N–H and O–H groups in total. The van der Waals surface area contributed by atoms with Crippen LogP contribution in [0.2, 0.25) is 0 Å². The van der Waals surface area contributed by atoms with E-state index in [1.807, 2.05) is 22.6 Å². The summed E-state index contributed by atoms with van der Waals surface area (Å²) in [4.78, 5) is 34.2. The molecular weight excluding hydrogens is 379 g/mol. The van der Waals surface area contributed by atoms with Crippen molar-refractivity contribution in [1.82, 2.24) is 0 Å². The summed E-state index contributed by atoms with van der Waals surface area (Å²) >= 11 is 1.95. The van der Waals surface area contributed by atoms with Crippen molar-refractivity contribution in [2.45, 2.75) is 13.0 Å². The molecule has 1 amide bonds. The normalized spacial score (nSPS) is 11.6. The molecule has 20 heavy (non-hydrogen) atoms. The molecule has 1 atom stereocenters. The second-order valence-electron chi connectivity index (χ2n) is 3.71. The number of carbonyl (C=O) groups is 3. The number of halogens is 1. The molecule has 0 heterocycles. The number of hydrogen-bond acceptors (Lipinski definition) is 5. The van der Waals surface area contributed by atoms with Crippen molar-refractivity contribution in [1.29, 1.82) is 0 Å². The fourth-order valence-electron chi connectivity index (χ4n) is 1.35. The van der Waals surface area contributed by atoms with Gasteiger partial charge in [0.05, 0.1) is 17.9 Å². The Kier molecular flexibility index (Phi) is 5.89. The first kappa shape index (κ1) is 16.4. The van der Waals surface area contributed by atoms with E-state index in [9.17, 15) is 14.4 Å². The summed E-state index contributed by atoms with van der Waals surface area (Å²) in [6.45, 7) is 1.69. The zero-order valence-electron chi connectivity index (χ0n) is 10.6. The van der Waals surface area contributed by atoms with Crippen LogP contribution in [0.3, 0.4) is 0 Å². The van der Waals surface area contributed by atoms with E-state index >= 15 is 0 Å². The summed E-state index contributed by atoms with van der Waals surface area (Å²) in [5.41, 5.74) is 5.41. The smallest absolute Gasteiger partial charge is 0.337 e. The van der Waals surface area contributed by atoms with Gasteiger partial charge >= 0.3 is 11.9 Å². The lowest BCUT2D eigenvalue weighted by Crippen LogP contribution is -2.43. The average molecular weight is 392 g/mol. The summed E-state index contributed by atoms with van der Waals surface area (Å²) in [6.07, 6.45) is 0. The number of carboxylic acid groups (broad SMARTS) is 1. The van der Waals surface area contributed by atoms with Crippen molar-refractivity contribution < 1.29 is 24.2 Å². The Bertz CT molecular complexity index is 547. The number of carboxylic acids is 1. The Morgan fingerprint density at radius 3 is 2.65 bits per heavy atom. The van der Waals surface area contributed by atoms with E-state index in [1.165, 1.54) is 12.1 Å². The van der Waals surface area contributed by atoms with Gasteiger partial charge in [-0.2, -0.15) is 0 Å². The van der Waals surface area contributed by atoms with Crippen molar-refractivity contribution in [3.63, 3.8) is 0 Å². The largest absolute Gasteiger partial charge is 0.478 e. The Morgan fingerprint density at radius 1 is 1.45 bits per heavy atom. The molecule has 0 aliphatic rings. The predicted molar refractivity (Wildman–Crippen MR) is 79.4 cm³/mol. The highest BCUT2D eigenvalue weighted by Crippen LogP contribution is 2.19. The molecule has 0 aliphatic heterocycles. The summed E-state index contributed by atoms with van der Waals surface area (Å²) in [5.74, 6) is -2.89. The highest BCUT2D eigenvalue weighted by molar-refractivity contribution is 14.1. The molecule has 0 aliphatic carbocycles. The molecule has 1 aromatic carbocycles. The zero-order valence-corrected chi connectivity index (χ0v) is 12.7. The van der Waals surface area contributed by atoms with E-state index in [1.54, 1.807) is 13.0 Å². The van der Waals surface area contributed by atoms with Gasteiger partial charge in [-0.3, -0.25) is 4.79 Å². The standard InChI is InChI=1S/C12H13IN2O5/c1-2-20-12(19)9(14)10(16)15-8-4-3-6(13)5-7(8)11(17)18/h3-5,9H,2,14H2,1H3,(H,15,16)(H,17,18). The third kappa shape index (κ3) is 4.17. The Balaban J connectivity index is 2.91. The molecule has 0 saturated carbocycles. The molecule has 0 aromatic heterocycles. The first-order valence-corrected chi connectivity index (χ1v) is 6.70. The van der Waals surface area contributed by atoms with Crippen LogP contribution in [0.25, 0.3) is 0 Å². The third-order valence-electron chi connectivity index (χ3n) is 2.29. The summed E-state index contributed by atoms with van der Waals surface area (Å²) in [7, 11) is 0. The molecule has 1 aromatic rings. The van der Waals surface area contributed by atoms with Crippen LogP contribution in [0.15, 0.2) is 18.2 Å². The lowest BCUT2D eigenvalue weighted by Gasteiger charge is -2.13. The molecule has 0 radical (unpaired) electrons. The zero-order chi connectivity index (χ0) is 15.3. The lowest BCUT2D eigenvalue weighted by atomic mass is 10.1. The molecule has 7 nitrogen and oxygen atoms in total. The van der Waals surface area contributed by atoms with E-state index in [0.29, 0.717) is 3.57 Å². The minimum absolute atomic E-state index is 0.0719.